The summed E-state index contributed by atoms with van der Waals surface area (Å²) < 4.78 is 36.0. The Labute approximate surface area is 186 Å². The van der Waals surface area contributed by atoms with Crippen molar-refractivity contribution in [3.8, 4) is 5.75 Å². The van der Waals surface area contributed by atoms with E-state index in [2.05, 4.69) is 15.0 Å². The summed E-state index contributed by atoms with van der Waals surface area (Å²) in [5, 5.41) is 2.75. The van der Waals surface area contributed by atoms with Crippen LogP contribution in [0.2, 0.25) is 0 Å². The Morgan fingerprint density at radius 1 is 1.25 bits per heavy atom. The molecule has 2 amide bonds. The third-order valence-electron chi connectivity index (χ3n) is 6.62. The molecule has 1 atom stereocenters. The van der Waals surface area contributed by atoms with Crippen molar-refractivity contribution in [2.24, 2.45) is 5.73 Å². The van der Waals surface area contributed by atoms with Gasteiger partial charge in [-0.3, -0.25) is 14.5 Å². The fourth-order valence-corrected chi connectivity index (χ4v) is 4.52. The Bertz CT molecular complexity index is 818. The molecule has 1 aromatic carbocycles. The van der Waals surface area contributed by atoms with Crippen LogP contribution in [0.15, 0.2) is 18.2 Å². The van der Waals surface area contributed by atoms with Crippen LogP contribution >= 0.6 is 0 Å². The molecule has 1 saturated heterocycles. The lowest BCUT2D eigenvalue weighted by molar-refractivity contribution is -0.126. The van der Waals surface area contributed by atoms with Gasteiger partial charge in [0.1, 0.15) is 12.6 Å². The van der Waals surface area contributed by atoms with E-state index < -0.39 is 12.7 Å². The van der Waals surface area contributed by atoms with Crippen molar-refractivity contribution in [3.05, 3.63) is 18.2 Å². The summed E-state index contributed by atoms with van der Waals surface area (Å²) >= 11 is 0. The number of carbonyl (C=O) groups excluding carboxylic acids is 2. The molecule has 0 radical (unpaired) electrons. The molecule has 10 heteroatoms. The number of hydrogen-bond donors (Lipinski definition) is 2. The molecule has 0 spiro atoms. The minimum atomic E-state index is -3.08. The highest BCUT2D eigenvalue weighted by Gasteiger charge is 2.40. The Hall–Kier alpha value is -2.30. The van der Waals surface area contributed by atoms with Gasteiger partial charge in [-0.05, 0) is 37.8 Å². The van der Waals surface area contributed by atoms with E-state index in [4.69, 9.17) is 10.5 Å². The number of nitrogens with two attached hydrogens (primary N) is 1. The Balaban J connectivity index is 1.54. The van der Waals surface area contributed by atoms with Crippen molar-refractivity contribution in [3.63, 3.8) is 0 Å². The van der Waals surface area contributed by atoms with Crippen molar-refractivity contribution in [1.29, 1.82) is 0 Å². The molecular formula is C22H30F2N4O4. The third-order valence-corrected chi connectivity index (χ3v) is 6.62. The van der Waals surface area contributed by atoms with Gasteiger partial charge in [-0.1, -0.05) is 12.8 Å². The van der Waals surface area contributed by atoms with E-state index in [0.717, 1.165) is 38.5 Å². The van der Waals surface area contributed by atoms with Gasteiger partial charge in [-0.2, -0.15) is 8.78 Å². The van der Waals surface area contributed by atoms with E-state index in [1.165, 1.54) is 17.0 Å². The summed E-state index contributed by atoms with van der Waals surface area (Å²) in [6.07, 6.45) is 6.46. The van der Waals surface area contributed by atoms with Crippen LogP contribution < -0.4 is 20.7 Å². The van der Waals surface area contributed by atoms with Gasteiger partial charge >= 0.3 is 6.61 Å². The number of anilines is 2. The lowest BCUT2D eigenvalue weighted by Crippen LogP contribution is -2.60. The fourth-order valence-electron chi connectivity index (χ4n) is 4.52. The molecule has 176 valence electrons. The van der Waals surface area contributed by atoms with Crippen LogP contribution in [0.3, 0.4) is 0 Å². The number of morpholine rings is 1. The van der Waals surface area contributed by atoms with E-state index in [0.29, 0.717) is 30.9 Å². The topological polar surface area (TPSA) is 97.1 Å². The minimum absolute atomic E-state index is 0.0696. The number of hydrogen-bond acceptors (Lipinski definition) is 6. The highest BCUT2D eigenvalue weighted by Crippen LogP contribution is 2.36. The number of halogens is 2. The lowest BCUT2D eigenvalue weighted by atomic mass is 9.83. The second-order valence-electron chi connectivity index (χ2n) is 8.51. The molecule has 8 nitrogen and oxygen atoms in total. The number of amides is 2. The largest absolute Gasteiger partial charge is 0.433 e. The first-order valence-corrected chi connectivity index (χ1v) is 11.2. The van der Waals surface area contributed by atoms with Gasteiger partial charge in [-0.25, -0.2) is 0 Å². The highest BCUT2D eigenvalue weighted by atomic mass is 19.3. The quantitative estimate of drug-likeness (QED) is 0.597. The van der Waals surface area contributed by atoms with E-state index in [9.17, 15) is 18.4 Å². The van der Waals surface area contributed by atoms with Crippen LogP contribution in [0.1, 0.15) is 38.5 Å². The van der Waals surface area contributed by atoms with Gasteiger partial charge in [-0.15, -0.1) is 0 Å². The fraction of sp³-hybridized carbons (Fsp3) is 0.636. The molecule has 0 aromatic heterocycles. The second kappa shape index (κ2) is 10.1. The van der Waals surface area contributed by atoms with Crippen molar-refractivity contribution in [2.45, 2.75) is 63.3 Å². The summed E-state index contributed by atoms with van der Waals surface area (Å²) in [6, 6.07) is 4.57. The van der Waals surface area contributed by atoms with E-state index >= 15 is 0 Å². The number of alkyl halides is 2. The average Bonchev–Trinajstić information content (AvgIpc) is 2.67. The number of ether oxygens (including phenoxy) is 2. The molecule has 3 N–H and O–H groups in total. The number of rotatable bonds is 9. The Kier molecular flexibility index (Phi) is 7.22. The normalized spacial score (nSPS) is 20.8. The summed E-state index contributed by atoms with van der Waals surface area (Å²) in [4.78, 5) is 29.0. The molecule has 2 aliphatic carbocycles. The number of carbonyl (C=O) groups is 2. The third kappa shape index (κ3) is 4.87. The molecular weight excluding hydrogens is 422 g/mol. The smallest absolute Gasteiger partial charge is 0.387 e. The first kappa shape index (κ1) is 22.9. The van der Waals surface area contributed by atoms with E-state index in [1.807, 2.05) is 0 Å². The first-order chi connectivity index (χ1) is 15.5. The van der Waals surface area contributed by atoms with Crippen molar-refractivity contribution < 1.29 is 27.8 Å². The maximum Gasteiger partial charge on any atom is 0.387 e. The standard InChI is InChI=1S/C22H30F2N4O4/c23-22(24)32-19-11-16(27-9-10-31-13-20(27)29)7-8-17(19)26-21(30)18(12-25)28(14-3-1-4-14)15-5-2-6-15/h7-8,11,14-15,18,22H,1-6,9-10,12-13,25H2,(H,26,30)/t18-/m1/s1. The number of benzene rings is 1. The van der Waals surface area contributed by atoms with Gasteiger partial charge in [0.2, 0.25) is 5.91 Å². The summed E-state index contributed by atoms with van der Waals surface area (Å²) in [5.41, 5.74) is 6.54. The SMILES string of the molecule is NC[C@H](C(=O)Nc1ccc(N2CCOCC2=O)cc1OC(F)F)N(C1CCC1)C1CCC1. The van der Waals surface area contributed by atoms with Crippen LogP contribution in [0.5, 0.6) is 5.75 Å². The van der Waals surface area contributed by atoms with Crippen LogP contribution in [-0.2, 0) is 14.3 Å². The lowest BCUT2D eigenvalue weighted by Gasteiger charge is -2.49. The Morgan fingerprint density at radius 2 is 1.94 bits per heavy atom. The molecule has 1 aliphatic heterocycles. The molecule has 0 bridgehead atoms. The molecule has 32 heavy (non-hydrogen) atoms. The summed E-state index contributed by atoms with van der Waals surface area (Å²) in [5.74, 6) is -0.795. The first-order valence-electron chi connectivity index (χ1n) is 11.2. The molecule has 1 heterocycles. The molecule has 3 fully saturated rings. The zero-order chi connectivity index (χ0) is 22.7. The zero-order valence-corrected chi connectivity index (χ0v) is 18.0. The molecule has 1 aromatic rings. The summed E-state index contributed by atoms with van der Waals surface area (Å²) in [7, 11) is 0. The average molecular weight is 453 g/mol. The predicted molar refractivity (Wildman–Crippen MR) is 115 cm³/mol. The van der Waals surface area contributed by atoms with Gasteiger partial charge in [0.05, 0.1) is 12.3 Å². The molecule has 3 aliphatic rings. The number of nitrogens with one attached hydrogen (secondary N) is 1. The maximum absolute atomic E-state index is 13.2. The molecule has 2 saturated carbocycles. The van der Waals surface area contributed by atoms with Crippen molar-refractivity contribution in [1.82, 2.24) is 4.90 Å². The van der Waals surface area contributed by atoms with Crippen LogP contribution in [0, 0.1) is 0 Å². The molecule has 4 rings (SSSR count). The van der Waals surface area contributed by atoms with Crippen molar-refractivity contribution >= 4 is 23.2 Å². The summed E-state index contributed by atoms with van der Waals surface area (Å²) in [6.45, 7) is -2.34. The van der Waals surface area contributed by atoms with Gasteiger partial charge in [0, 0.05) is 36.9 Å². The van der Waals surface area contributed by atoms with Crippen LogP contribution in [0.25, 0.3) is 0 Å². The zero-order valence-electron chi connectivity index (χ0n) is 18.0. The monoisotopic (exact) mass is 452 g/mol. The van der Waals surface area contributed by atoms with Crippen LogP contribution in [0.4, 0.5) is 20.2 Å². The van der Waals surface area contributed by atoms with Crippen molar-refractivity contribution in [2.75, 3.05) is 36.5 Å². The maximum atomic E-state index is 13.2. The van der Waals surface area contributed by atoms with E-state index in [-0.39, 0.29) is 36.4 Å². The number of nitrogens with zero attached hydrogens (tertiary/aromatic N) is 2. The Morgan fingerprint density at radius 3 is 2.47 bits per heavy atom. The minimum Gasteiger partial charge on any atom is -0.433 e. The van der Waals surface area contributed by atoms with Gasteiger partial charge in [0.15, 0.2) is 5.75 Å². The highest BCUT2D eigenvalue weighted by molar-refractivity contribution is 5.98. The van der Waals surface area contributed by atoms with Crippen LogP contribution in [-0.4, -0.2) is 67.8 Å². The van der Waals surface area contributed by atoms with Gasteiger partial charge < -0.3 is 25.4 Å². The molecule has 0 unspecified atom stereocenters. The second-order valence-corrected chi connectivity index (χ2v) is 8.51. The predicted octanol–water partition coefficient (Wildman–Crippen LogP) is 2.32. The van der Waals surface area contributed by atoms with E-state index in [1.54, 1.807) is 6.07 Å². The van der Waals surface area contributed by atoms with Gasteiger partial charge in [0.25, 0.3) is 5.91 Å².